The van der Waals surface area contributed by atoms with Crippen LogP contribution in [0.15, 0.2) is 36.0 Å². The lowest BCUT2D eigenvalue weighted by Crippen LogP contribution is -2.32. The van der Waals surface area contributed by atoms with E-state index in [1.807, 2.05) is 24.5 Å². The van der Waals surface area contributed by atoms with Gasteiger partial charge in [0.05, 0.1) is 6.54 Å². The van der Waals surface area contributed by atoms with E-state index in [0.29, 0.717) is 0 Å². The minimum Gasteiger partial charge on any atom is -0.370 e. The van der Waals surface area contributed by atoms with E-state index in [-0.39, 0.29) is 0 Å². The molecule has 5 heteroatoms. The van der Waals surface area contributed by atoms with Crippen molar-refractivity contribution in [1.29, 1.82) is 0 Å². The first-order valence-electron chi connectivity index (χ1n) is 8.64. The summed E-state index contributed by atoms with van der Waals surface area (Å²) in [6, 6.07) is 6.07. The molecule has 3 atom stereocenters. The minimum absolute atomic E-state index is 0.775. The number of pyridine rings is 1. The highest BCUT2D eigenvalue weighted by atomic mass is 32.1. The van der Waals surface area contributed by atoms with Crippen molar-refractivity contribution < 1.29 is 0 Å². The summed E-state index contributed by atoms with van der Waals surface area (Å²) in [6.07, 6.45) is 7.91. The summed E-state index contributed by atoms with van der Waals surface area (Å²) in [5.41, 5.74) is 0. The van der Waals surface area contributed by atoms with Gasteiger partial charge in [0.15, 0.2) is 0 Å². The molecule has 4 rings (SSSR count). The van der Waals surface area contributed by atoms with Crippen molar-refractivity contribution in [3.8, 4) is 0 Å². The van der Waals surface area contributed by atoms with Gasteiger partial charge in [0.25, 0.3) is 0 Å². The van der Waals surface area contributed by atoms with Gasteiger partial charge in [-0.2, -0.15) is 0 Å². The Hall–Kier alpha value is -1.46. The Balaban J connectivity index is 1.35. The van der Waals surface area contributed by atoms with Gasteiger partial charge in [-0.25, -0.2) is 9.97 Å². The molecule has 1 saturated heterocycles. The van der Waals surface area contributed by atoms with Crippen molar-refractivity contribution in [3.05, 3.63) is 41.0 Å². The van der Waals surface area contributed by atoms with E-state index in [9.17, 15) is 0 Å². The molecule has 3 heterocycles. The Morgan fingerprint density at radius 3 is 3.00 bits per heavy atom. The van der Waals surface area contributed by atoms with Crippen LogP contribution in [-0.2, 0) is 6.54 Å². The predicted octanol–water partition coefficient (Wildman–Crippen LogP) is 3.50. The van der Waals surface area contributed by atoms with Crippen molar-refractivity contribution in [3.63, 3.8) is 0 Å². The van der Waals surface area contributed by atoms with Crippen LogP contribution in [0, 0.1) is 17.8 Å². The van der Waals surface area contributed by atoms with E-state index in [4.69, 9.17) is 0 Å². The van der Waals surface area contributed by atoms with Crippen molar-refractivity contribution in [2.75, 3.05) is 25.0 Å². The van der Waals surface area contributed by atoms with Crippen molar-refractivity contribution in [2.24, 2.45) is 17.8 Å². The van der Waals surface area contributed by atoms with Crippen LogP contribution in [0.1, 0.15) is 24.3 Å². The highest BCUT2D eigenvalue weighted by Crippen LogP contribution is 2.40. The fourth-order valence-electron chi connectivity index (χ4n) is 4.29. The Kier molecular flexibility index (Phi) is 4.57. The number of likely N-dealkylation sites (tertiary alicyclic amines) is 1. The third-order valence-electron chi connectivity index (χ3n) is 5.38. The van der Waals surface area contributed by atoms with E-state index >= 15 is 0 Å². The van der Waals surface area contributed by atoms with Crippen LogP contribution in [0.25, 0.3) is 0 Å². The number of rotatable bonds is 5. The van der Waals surface area contributed by atoms with E-state index in [1.54, 1.807) is 11.3 Å². The summed E-state index contributed by atoms with van der Waals surface area (Å²) in [5.74, 6) is 3.49. The first kappa shape index (κ1) is 15.1. The van der Waals surface area contributed by atoms with Crippen LogP contribution in [0.5, 0.6) is 0 Å². The van der Waals surface area contributed by atoms with Crippen molar-refractivity contribution >= 4 is 17.2 Å². The molecule has 1 N–H and O–H groups in total. The van der Waals surface area contributed by atoms with Gasteiger partial charge in [-0.05, 0) is 42.7 Å². The molecular weight excluding hydrogens is 304 g/mol. The second-order valence-corrected chi connectivity index (χ2v) is 7.81. The quantitative estimate of drug-likeness (QED) is 0.912. The smallest absolute Gasteiger partial charge is 0.125 e. The monoisotopic (exact) mass is 328 g/mol. The Morgan fingerprint density at radius 2 is 2.17 bits per heavy atom. The van der Waals surface area contributed by atoms with Crippen LogP contribution in [-0.4, -0.2) is 34.5 Å². The fraction of sp³-hybridized carbons (Fsp3) is 0.556. The zero-order valence-electron chi connectivity index (χ0n) is 13.4. The zero-order chi connectivity index (χ0) is 15.5. The molecule has 0 spiro atoms. The molecule has 2 fully saturated rings. The number of anilines is 1. The van der Waals surface area contributed by atoms with E-state index < -0.39 is 0 Å². The van der Waals surface area contributed by atoms with Gasteiger partial charge in [-0.3, -0.25) is 4.90 Å². The van der Waals surface area contributed by atoms with Gasteiger partial charge in [0.1, 0.15) is 10.8 Å². The normalized spacial score (nSPS) is 27.7. The molecule has 23 heavy (non-hydrogen) atoms. The number of nitrogens with one attached hydrogen (secondary N) is 1. The van der Waals surface area contributed by atoms with E-state index in [0.717, 1.165) is 36.7 Å². The van der Waals surface area contributed by atoms with Gasteiger partial charge in [-0.15, -0.1) is 11.3 Å². The Bertz CT molecular complexity index is 601. The van der Waals surface area contributed by atoms with Gasteiger partial charge in [0.2, 0.25) is 0 Å². The number of aromatic nitrogens is 2. The number of hydrogen-bond acceptors (Lipinski definition) is 5. The zero-order valence-corrected chi connectivity index (χ0v) is 14.2. The standard InChI is InChI=1S/C18H24N4S/c1-2-7-19-17(6-1)21-10-14-4-3-5-15-11-22(12-16(14)15)13-18-20-8-9-23-18/h1-2,6-9,14-16H,3-5,10-13H2,(H,19,21)/t14-,15+,16+/m0/s1. The summed E-state index contributed by atoms with van der Waals surface area (Å²) in [6.45, 7) is 4.58. The van der Waals surface area contributed by atoms with Gasteiger partial charge >= 0.3 is 0 Å². The molecule has 0 amide bonds. The summed E-state index contributed by atoms with van der Waals surface area (Å²) in [5, 5.41) is 6.89. The van der Waals surface area contributed by atoms with Crippen LogP contribution in [0.3, 0.4) is 0 Å². The second kappa shape index (κ2) is 6.97. The predicted molar refractivity (Wildman–Crippen MR) is 94.4 cm³/mol. The third kappa shape index (κ3) is 3.56. The SMILES string of the molecule is c1ccc(NC[C@@H]2CCC[C@@H]3CN(Cc4nccs4)C[C@@H]32)nc1. The highest BCUT2D eigenvalue weighted by Gasteiger charge is 2.39. The van der Waals surface area contributed by atoms with Crippen molar-refractivity contribution in [2.45, 2.75) is 25.8 Å². The molecule has 1 aliphatic heterocycles. The molecule has 2 aromatic rings. The summed E-state index contributed by atoms with van der Waals surface area (Å²) >= 11 is 1.78. The average Bonchev–Trinajstić information content (AvgIpc) is 3.23. The molecule has 122 valence electrons. The number of hydrogen-bond donors (Lipinski definition) is 1. The van der Waals surface area contributed by atoms with Crippen LogP contribution < -0.4 is 5.32 Å². The molecule has 1 aliphatic carbocycles. The van der Waals surface area contributed by atoms with Crippen LogP contribution in [0.4, 0.5) is 5.82 Å². The lowest BCUT2D eigenvalue weighted by atomic mass is 9.74. The van der Waals surface area contributed by atoms with Crippen LogP contribution >= 0.6 is 11.3 Å². The maximum absolute atomic E-state index is 4.45. The maximum Gasteiger partial charge on any atom is 0.125 e. The molecule has 0 bridgehead atoms. The minimum atomic E-state index is 0.775. The average molecular weight is 328 g/mol. The van der Waals surface area contributed by atoms with Gasteiger partial charge in [0, 0.05) is 37.4 Å². The summed E-state index contributed by atoms with van der Waals surface area (Å²) < 4.78 is 0. The third-order valence-corrected chi connectivity index (χ3v) is 6.14. The highest BCUT2D eigenvalue weighted by molar-refractivity contribution is 7.09. The molecule has 1 saturated carbocycles. The van der Waals surface area contributed by atoms with E-state index in [1.165, 1.54) is 37.4 Å². The largest absolute Gasteiger partial charge is 0.370 e. The molecule has 4 nitrogen and oxygen atoms in total. The van der Waals surface area contributed by atoms with E-state index in [2.05, 4.69) is 31.6 Å². The van der Waals surface area contributed by atoms with Gasteiger partial charge < -0.3 is 5.32 Å². The molecule has 2 aromatic heterocycles. The molecular formula is C18H24N4S. The topological polar surface area (TPSA) is 41.0 Å². The van der Waals surface area contributed by atoms with Crippen molar-refractivity contribution in [1.82, 2.24) is 14.9 Å². The first-order chi connectivity index (χ1) is 11.4. The summed E-state index contributed by atoms with van der Waals surface area (Å²) in [4.78, 5) is 11.5. The lowest BCUT2D eigenvalue weighted by molar-refractivity contribution is 0.207. The Morgan fingerprint density at radius 1 is 1.17 bits per heavy atom. The number of fused-ring (bicyclic) bond motifs is 1. The number of thiazole rings is 1. The Labute approximate surface area is 142 Å². The molecule has 0 radical (unpaired) electrons. The molecule has 0 aromatic carbocycles. The number of nitrogens with zero attached hydrogens (tertiary/aromatic N) is 3. The van der Waals surface area contributed by atoms with Crippen LogP contribution in [0.2, 0.25) is 0 Å². The maximum atomic E-state index is 4.45. The second-order valence-electron chi connectivity index (χ2n) is 6.83. The van der Waals surface area contributed by atoms with Gasteiger partial charge in [-0.1, -0.05) is 12.5 Å². The fourth-order valence-corrected chi connectivity index (χ4v) is 4.95. The molecule has 0 unspecified atom stereocenters. The summed E-state index contributed by atoms with van der Waals surface area (Å²) in [7, 11) is 0. The first-order valence-corrected chi connectivity index (χ1v) is 9.52. The molecule has 2 aliphatic rings. The lowest BCUT2D eigenvalue weighted by Gasteiger charge is -2.33.